The predicted octanol–water partition coefficient (Wildman–Crippen LogP) is 4.18. The molecule has 3 heterocycles. The predicted molar refractivity (Wildman–Crippen MR) is 128 cm³/mol. The fourth-order valence-electron chi connectivity index (χ4n) is 4.21. The Hall–Kier alpha value is -3.42. The van der Waals surface area contributed by atoms with Gasteiger partial charge in [0.15, 0.2) is 17.6 Å². The van der Waals surface area contributed by atoms with Crippen LogP contribution < -0.4 is 10.2 Å². The van der Waals surface area contributed by atoms with Crippen molar-refractivity contribution in [2.24, 2.45) is 0 Å². The van der Waals surface area contributed by atoms with Crippen LogP contribution in [0.2, 0.25) is 0 Å². The number of hydrogen-bond acceptors (Lipinski definition) is 6. The number of aromatic amines is 1. The van der Waals surface area contributed by atoms with Gasteiger partial charge >= 0.3 is 0 Å². The number of oxazole rings is 1. The van der Waals surface area contributed by atoms with Gasteiger partial charge < -0.3 is 18.9 Å². The van der Waals surface area contributed by atoms with E-state index in [9.17, 15) is 4.79 Å². The molecule has 7 nitrogen and oxygen atoms in total. The van der Waals surface area contributed by atoms with E-state index < -0.39 is 0 Å². The number of benzene rings is 2. The van der Waals surface area contributed by atoms with Gasteiger partial charge in [-0.1, -0.05) is 12.1 Å². The average Bonchev–Trinajstić information content (AvgIpc) is 3.35. The van der Waals surface area contributed by atoms with Gasteiger partial charge in [0.25, 0.3) is 0 Å². The SMILES string of the molecule is Cc1ccc(-c2cc(=O)c3cc(-c4cnco4)c(C)cc3[nH]2)cc1OCCN1CCOCC1. The third-order valence-corrected chi connectivity index (χ3v) is 6.14. The first-order valence-corrected chi connectivity index (χ1v) is 11.2. The maximum atomic E-state index is 13.0. The third-order valence-electron chi connectivity index (χ3n) is 6.14. The first-order valence-electron chi connectivity index (χ1n) is 11.2. The van der Waals surface area contributed by atoms with E-state index >= 15 is 0 Å². The second kappa shape index (κ2) is 9.21. The number of aromatic nitrogens is 2. The van der Waals surface area contributed by atoms with E-state index in [1.165, 1.54) is 6.39 Å². The lowest BCUT2D eigenvalue weighted by Crippen LogP contribution is -2.38. The van der Waals surface area contributed by atoms with Crippen LogP contribution in [0.25, 0.3) is 33.5 Å². The molecule has 0 radical (unpaired) electrons. The van der Waals surface area contributed by atoms with Crippen LogP contribution in [-0.2, 0) is 4.74 Å². The van der Waals surface area contributed by atoms with E-state index in [4.69, 9.17) is 13.9 Å². The maximum Gasteiger partial charge on any atom is 0.190 e. The van der Waals surface area contributed by atoms with E-state index in [-0.39, 0.29) is 5.43 Å². The average molecular weight is 446 g/mol. The zero-order valence-electron chi connectivity index (χ0n) is 18.9. The second-order valence-electron chi connectivity index (χ2n) is 8.41. The summed E-state index contributed by atoms with van der Waals surface area (Å²) in [7, 11) is 0. The molecule has 170 valence electrons. The smallest absolute Gasteiger partial charge is 0.190 e. The Kier molecular flexibility index (Phi) is 5.98. The Morgan fingerprint density at radius 1 is 1.09 bits per heavy atom. The molecule has 0 aliphatic carbocycles. The van der Waals surface area contributed by atoms with Crippen molar-refractivity contribution in [3.05, 3.63) is 70.3 Å². The molecule has 1 aliphatic rings. The van der Waals surface area contributed by atoms with Crippen LogP contribution in [0.1, 0.15) is 11.1 Å². The molecule has 0 bridgehead atoms. The van der Waals surface area contributed by atoms with Crippen molar-refractivity contribution in [3.63, 3.8) is 0 Å². The number of aryl methyl sites for hydroxylation is 2. The molecule has 33 heavy (non-hydrogen) atoms. The molecule has 2 aromatic carbocycles. The normalized spacial score (nSPS) is 14.6. The van der Waals surface area contributed by atoms with Gasteiger partial charge in [-0.2, -0.15) is 0 Å². The van der Waals surface area contributed by atoms with Crippen LogP contribution in [0.5, 0.6) is 5.75 Å². The molecule has 1 aliphatic heterocycles. The monoisotopic (exact) mass is 445 g/mol. The van der Waals surface area contributed by atoms with Gasteiger partial charge in [-0.3, -0.25) is 9.69 Å². The Bertz CT molecular complexity index is 1320. The summed E-state index contributed by atoms with van der Waals surface area (Å²) in [5.41, 5.74) is 5.35. The summed E-state index contributed by atoms with van der Waals surface area (Å²) in [6, 6.07) is 11.5. The molecule has 0 saturated carbocycles. The number of rotatable bonds is 6. The van der Waals surface area contributed by atoms with Crippen molar-refractivity contribution in [3.8, 4) is 28.3 Å². The van der Waals surface area contributed by atoms with Crippen LogP contribution in [0.15, 0.2) is 58.2 Å². The van der Waals surface area contributed by atoms with Crippen molar-refractivity contribution >= 4 is 10.9 Å². The minimum atomic E-state index is -0.0464. The Labute approximate surface area is 192 Å². The van der Waals surface area contributed by atoms with Gasteiger partial charge in [0.2, 0.25) is 0 Å². The quantitative estimate of drug-likeness (QED) is 0.480. The molecular weight excluding hydrogens is 418 g/mol. The molecule has 1 fully saturated rings. The van der Waals surface area contributed by atoms with Crippen LogP contribution in [0.4, 0.5) is 0 Å². The standard InChI is InChI=1S/C26H27N3O4/c1-17-3-4-19(12-25(17)32-10-7-29-5-8-31-9-6-29)22-14-24(30)21-13-20(26-15-27-16-33-26)18(2)11-23(21)28-22/h3-4,11-16H,5-10H2,1-2H3,(H,28,30). The summed E-state index contributed by atoms with van der Waals surface area (Å²) >= 11 is 0. The molecule has 0 unspecified atom stereocenters. The first-order chi connectivity index (χ1) is 16.1. The lowest BCUT2D eigenvalue weighted by molar-refractivity contribution is 0.0322. The zero-order chi connectivity index (χ0) is 22.8. The summed E-state index contributed by atoms with van der Waals surface area (Å²) in [6.45, 7) is 8.96. The van der Waals surface area contributed by atoms with Crippen molar-refractivity contribution in [1.82, 2.24) is 14.9 Å². The number of hydrogen-bond donors (Lipinski definition) is 1. The Morgan fingerprint density at radius 2 is 1.94 bits per heavy atom. The highest BCUT2D eigenvalue weighted by molar-refractivity contribution is 5.87. The lowest BCUT2D eigenvalue weighted by atomic mass is 10.0. The molecule has 5 rings (SSSR count). The zero-order valence-corrected chi connectivity index (χ0v) is 18.9. The van der Waals surface area contributed by atoms with Gasteiger partial charge in [0.05, 0.1) is 24.9 Å². The van der Waals surface area contributed by atoms with Crippen molar-refractivity contribution in [2.75, 3.05) is 39.5 Å². The van der Waals surface area contributed by atoms with Gasteiger partial charge in [0, 0.05) is 47.9 Å². The van der Waals surface area contributed by atoms with E-state index in [2.05, 4.69) is 14.9 Å². The summed E-state index contributed by atoms with van der Waals surface area (Å²) in [5.74, 6) is 1.48. The molecule has 4 aromatic rings. The molecule has 7 heteroatoms. The van der Waals surface area contributed by atoms with Crippen LogP contribution >= 0.6 is 0 Å². The van der Waals surface area contributed by atoms with E-state index in [1.807, 2.05) is 44.2 Å². The molecule has 0 amide bonds. The summed E-state index contributed by atoms with van der Waals surface area (Å²) in [5, 5.41) is 0.616. The first kappa shape index (κ1) is 21.4. The molecule has 2 aromatic heterocycles. The number of morpholine rings is 1. The largest absolute Gasteiger partial charge is 0.492 e. The summed E-state index contributed by atoms with van der Waals surface area (Å²) in [6.07, 6.45) is 3.05. The number of fused-ring (bicyclic) bond motifs is 1. The van der Waals surface area contributed by atoms with E-state index in [0.717, 1.165) is 72.1 Å². The minimum absolute atomic E-state index is 0.0464. The van der Waals surface area contributed by atoms with Crippen molar-refractivity contribution in [1.29, 1.82) is 0 Å². The van der Waals surface area contributed by atoms with Crippen LogP contribution in [-0.4, -0.2) is 54.3 Å². The van der Waals surface area contributed by atoms with Gasteiger partial charge in [0.1, 0.15) is 12.4 Å². The molecular formula is C26H27N3O4. The highest BCUT2D eigenvalue weighted by Gasteiger charge is 2.13. The van der Waals surface area contributed by atoms with Crippen molar-refractivity contribution in [2.45, 2.75) is 13.8 Å². The molecule has 0 atom stereocenters. The van der Waals surface area contributed by atoms with Gasteiger partial charge in [-0.15, -0.1) is 0 Å². The van der Waals surface area contributed by atoms with Gasteiger partial charge in [-0.25, -0.2) is 4.98 Å². The fourth-order valence-corrected chi connectivity index (χ4v) is 4.21. The fraction of sp³-hybridized carbons (Fsp3) is 0.308. The maximum absolute atomic E-state index is 13.0. The van der Waals surface area contributed by atoms with E-state index in [1.54, 1.807) is 12.3 Å². The summed E-state index contributed by atoms with van der Waals surface area (Å²) < 4.78 is 16.9. The molecule has 1 N–H and O–H groups in total. The van der Waals surface area contributed by atoms with E-state index in [0.29, 0.717) is 17.8 Å². The summed E-state index contributed by atoms with van der Waals surface area (Å²) in [4.78, 5) is 22.8. The second-order valence-corrected chi connectivity index (χ2v) is 8.41. The minimum Gasteiger partial charge on any atom is -0.492 e. The highest BCUT2D eigenvalue weighted by atomic mass is 16.5. The van der Waals surface area contributed by atoms with Crippen LogP contribution in [0, 0.1) is 13.8 Å². The number of ether oxygens (including phenoxy) is 2. The number of H-pyrrole nitrogens is 1. The van der Waals surface area contributed by atoms with Crippen LogP contribution in [0.3, 0.4) is 0 Å². The highest BCUT2D eigenvalue weighted by Crippen LogP contribution is 2.29. The number of pyridine rings is 1. The third kappa shape index (κ3) is 4.55. The van der Waals surface area contributed by atoms with Crippen molar-refractivity contribution < 1.29 is 13.9 Å². The molecule has 1 saturated heterocycles. The number of nitrogens with zero attached hydrogens (tertiary/aromatic N) is 2. The lowest BCUT2D eigenvalue weighted by Gasteiger charge is -2.26. The topological polar surface area (TPSA) is 80.6 Å². The Balaban J connectivity index is 1.42. The Morgan fingerprint density at radius 3 is 2.73 bits per heavy atom. The number of nitrogens with one attached hydrogen (secondary N) is 1. The molecule has 0 spiro atoms. The van der Waals surface area contributed by atoms with Gasteiger partial charge in [-0.05, 0) is 43.2 Å².